The number of nitrogens with zero attached hydrogens (tertiary/aromatic N) is 2. The largest absolute Gasteiger partial charge is 0.487 e. The number of esters is 1. The average molecular weight is 429 g/mol. The van der Waals surface area contributed by atoms with E-state index in [1.165, 1.54) is 0 Å². The van der Waals surface area contributed by atoms with E-state index in [2.05, 4.69) is 4.98 Å². The predicted octanol–water partition coefficient (Wildman–Crippen LogP) is 4.24. The van der Waals surface area contributed by atoms with E-state index in [9.17, 15) is 9.59 Å². The van der Waals surface area contributed by atoms with Gasteiger partial charge >= 0.3 is 5.97 Å². The number of aromatic nitrogens is 1. The van der Waals surface area contributed by atoms with Crippen LogP contribution in [0, 0.1) is 12.8 Å². The minimum absolute atomic E-state index is 0.0875. The third-order valence-electron chi connectivity index (χ3n) is 4.71. The van der Waals surface area contributed by atoms with Gasteiger partial charge in [0.2, 0.25) is 5.91 Å². The fourth-order valence-corrected chi connectivity index (χ4v) is 3.57. The van der Waals surface area contributed by atoms with Crippen LogP contribution < -0.4 is 4.74 Å². The molecule has 1 aliphatic carbocycles. The number of thiazole rings is 1. The molecule has 1 aliphatic rings. The van der Waals surface area contributed by atoms with Crippen molar-refractivity contribution in [3.8, 4) is 5.75 Å². The van der Waals surface area contributed by atoms with Gasteiger partial charge in [-0.15, -0.1) is 11.3 Å². The van der Waals surface area contributed by atoms with Crippen LogP contribution in [-0.4, -0.2) is 41.5 Å². The summed E-state index contributed by atoms with van der Waals surface area (Å²) in [5.41, 5.74) is 1.79. The van der Waals surface area contributed by atoms with E-state index >= 15 is 0 Å². The number of carbonyl (C=O) groups excluding carboxylic acids is 2. The Morgan fingerprint density at radius 2 is 2.17 bits per heavy atom. The van der Waals surface area contributed by atoms with Crippen LogP contribution in [0.15, 0.2) is 35.7 Å². The highest BCUT2D eigenvalue weighted by Gasteiger charge is 2.26. The van der Waals surface area contributed by atoms with Gasteiger partial charge in [-0.05, 0) is 56.4 Å². The number of hydrogen-bond acceptors (Lipinski definition) is 6. The van der Waals surface area contributed by atoms with Gasteiger partial charge in [-0.2, -0.15) is 0 Å². The molecular weight excluding hydrogens is 400 g/mol. The molecule has 160 valence electrons. The first kappa shape index (κ1) is 22.0. The smallest absolute Gasteiger partial charge is 0.307 e. The summed E-state index contributed by atoms with van der Waals surface area (Å²) in [5.74, 6) is 0.925. The van der Waals surface area contributed by atoms with Gasteiger partial charge in [0, 0.05) is 24.5 Å². The lowest BCUT2D eigenvalue weighted by atomic mass is 10.2. The van der Waals surface area contributed by atoms with Crippen LogP contribution >= 0.6 is 11.3 Å². The number of aryl methyl sites for hydroxylation is 1. The second-order valence-electron chi connectivity index (χ2n) is 7.34. The minimum Gasteiger partial charge on any atom is -0.487 e. The monoisotopic (exact) mass is 428 g/mol. The SMILES string of the molecule is CCOC(=O)CCN(CC1CC1)C(=O)/C=C/c1cccc(OCc2csc(C)n2)c1. The third kappa shape index (κ3) is 7.30. The van der Waals surface area contributed by atoms with Crippen molar-refractivity contribution >= 4 is 29.3 Å². The van der Waals surface area contributed by atoms with Crippen molar-refractivity contribution in [3.63, 3.8) is 0 Å². The first-order valence-corrected chi connectivity index (χ1v) is 11.2. The molecule has 1 amide bonds. The van der Waals surface area contributed by atoms with Gasteiger partial charge in [-0.25, -0.2) is 4.98 Å². The van der Waals surface area contributed by atoms with Crippen molar-refractivity contribution in [2.24, 2.45) is 5.92 Å². The molecule has 30 heavy (non-hydrogen) atoms. The molecule has 1 fully saturated rings. The lowest BCUT2D eigenvalue weighted by Crippen LogP contribution is -2.33. The van der Waals surface area contributed by atoms with Gasteiger partial charge in [0.05, 0.1) is 23.7 Å². The maximum absolute atomic E-state index is 12.7. The molecule has 0 saturated heterocycles. The van der Waals surface area contributed by atoms with Crippen molar-refractivity contribution < 1.29 is 19.1 Å². The molecule has 0 atom stereocenters. The lowest BCUT2D eigenvalue weighted by molar-refractivity contribution is -0.143. The van der Waals surface area contributed by atoms with Crippen molar-refractivity contribution in [1.29, 1.82) is 0 Å². The van der Waals surface area contributed by atoms with E-state index in [0.29, 0.717) is 32.2 Å². The van der Waals surface area contributed by atoms with Crippen LogP contribution in [0.4, 0.5) is 0 Å². The minimum atomic E-state index is -0.268. The second-order valence-corrected chi connectivity index (χ2v) is 8.40. The lowest BCUT2D eigenvalue weighted by Gasteiger charge is -2.20. The van der Waals surface area contributed by atoms with Crippen molar-refractivity contribution in [1.82, 2.24) is 9.88 Å². The molecule has 6 nitrogen and oxygen atoms in total. The molecule has 0 N–H and O–H groups in total. The Morgan fingerprint density at radius 1 is 1.33 bits per heavy atom. The van der Waals surface area contributed by atoms with E-state index < -0.39 is 0 Å². The maximum Gasteiger partial charge on any atom is 0.307 e. The molecule has 2 aromatic rings. The number of benzene rings is 1. The van der Waals surface area contributed by atoms with Crippen LogP contribution in [0.25, 0.3) is 6.08 Å². The molecule has 0 bridgehead atoms. The van der Waals surface area contributed by atoms with Gasteiger partial charge in [0.1, 0.15) is 12.4 Å². The first-order valence-electron chi connectivity index (χ1n) is 10.3. The zero-order valence-corrected chi connectivity index (χ0v) is 18.3. The average Bonchev–Trinajstić information content (AvgIpc) is 3.46. The normalized spacial score (nSPS) is 13.4. The Bertz CT molecular complexity index is 889. The summed E-state index contributed by atoms with van der Waals surface area (Å²) in [6.07, 6.45) is 5.86. The molecule has 1 aromatic heterocycles. The van der Waals surface area contributed by atoms with Crippen molar-refractivity contribution in [3.05, 3.63) is 52.0 Å². The molecule has 1 saturated carbocycles. The summed E-state index contributed by atoms with van der Waals surface area (Å²) in [6.45, 7) is 5.60. The highest BCUT2D eigenvalue weighted by Crippen LogP contribution is 2.30. The second kappa shape index (κ2) is 10.9. The van der Waals surface area contributed by atoms with Crippen molar-refractivity contribution in [2.75, 3.05) is 19.7 Å². The standard InChI is InChI=1S/C23H28N2O4S/c1-3-28-23(27)11-12-25(14-19-7-8-19)22(26)10-9-18-5-4-6-21(13-18)29-15-20-16-30-17(2)24-20/h4-6,9-10,13,16,19H,3,7-8,11-12,14-15H2,1-2H3/b10-9+. The van der Waals surface area contributed by atoms with E-state index in [0.717, 1.165) is 34.9 Å². The van der Waals surface area contributed by atoms with Gasteiger partial charge in [0.25, 0.3) is 0 Å². The summed E-state index contributed by atoms with van der Waals surface area (Å²) < 4.78 is 10.8. The van der Waals surface area contributed by atoms with Crippen LogP contribution in [0.2, 0.25) is 0 Å². The summed E-state index contributed by atoms with van der Waals surface area (Å²) in [7, 11) is 0. The number of hydrogen-bond donors (Lipinski definition) is 0. The Hall–Kier alpha value is -2.67. The van der Waals surface area contributed by atoms with Crippen LogP contribution in [0.3, 0.4) is 0 Å². The fraction of sp³-hybridized carbons (Fsp3) is 0.435. The van der Waals surface area contributed by atoms with Gasteiger partial charge in [-0.1, -0.05) is 12.1 Å². The molecule has 0 aliphatic heterocycles. The molecule has 0 radical (unpaired) electrons. The highest BCUT2D eigenvalue weighted by atomic mass is 32.1. The van der Waals surface area contributed by atoms with Crippen LogP contribution in [0.5, 0.6) is 5.75 Å². The van der Waals surface area contributed by atoms with Gasteiger partial charge in [-0.3, -0.25) is 9.59 Å². The number of rotatable bonds is 11. The quantitative estimate of drug-likeness (QED) is 0.396. The van der Waals surface area contributed by atoms with Crippen LogP contribution in [0.1, 0.15) is 42.5 Å². The van der Waals surface area contributed by atoms with Gasteiger partial charge in [0.15, 0.2) is 0 Å². The molecule has 7 heteroatoms. The zero-order valence-electron chi connectivity index (χ0n) is 17.5. The Labute approximate surface area is 181 Å². The molecule has 0 spiro atoms. The zero-order chi connectivity index (χ0) is 21.3. The molecule has 1 aromatic carbocycles. The number of amides is 1. The first-order chi connectivity index (χ1) is 14.5. The number of ether oxygens (including phenoxy) is 2. The summed E-state index contributed by atoms with van der Waals surface area (Å²) in [4.78, 5) is 30.5. The van der Waals surface area contributed by atoms with Crippen molar-refractivity contribution in [2.45, 2.75) is 39.7 Å². The van der Waals surface area contributed by atoms with Gasteiger partial charge < -0.3 is 14.4 Å². The van der Waals surface area contributed by atoms with E-state index in [1.807, 2.05) is 36.6 Å². The van der Waals surface area contributed by atoms with E-state index in [4.69, 9.17) is 9.47 Å². The summed E-state index contributed by atoms with van der Waals surface area (Å²) in [6, 6.07) is 7.60. The Balaban J connectivity index is 1.56. The Morgan fingerprint density at radius 3 is 2.87 bits per heavy atom. The molecule has 0 unspecified atom stereocenters. The highest BCUT2D eigenvalue weighted by molar-refractivity contribution is 7.09. The topological polar surface area (TPSA) is 68.7 Å². The third-order valence-corrected chi connectivity index (χ3v) is 5.53. The number of carbonyl (C=O) groups is 2. The Kier molecular flexibility index (Phi) is 8.02. The van der Waals surface area contributed by atoms with Crippen LogP contribution in [-0.2, 0) is 20.9 Å². The molecule has 1 heterocycles. The van der Waals surface area contributed by atoms with E-state index in [1.54, 1.807) is 35.3 Å². The van der Waals surface area contributed by atoms with E-state index in [-0.39, 0.29) is 18.3 Å². The predicted molar refractivity (Wildman–Crippen MR) is 117 cm³/mol. The molecule has 3 rings (SSSR count). The fourth-order valence-electron chi connectivity index (χ4n) is 2.98. The molecular formula is C23H28N2O4S. The summed E-state index contributed by atoms with van der Waals surface area (Å²) in [5, 5.41) is 3.00. The summed E-state index contributed by atoms with van der Waals surface area (Å²) >= 11 is 1.60. The maximum atomic E-state index is 12.7.